The summed E-state index contributed by atoms with van der Waals surface area (Å²) in [7, 11) is 0. The van der Waals surface area contributed by atoms with Crippen LogP contribution in [0.4, 0.5) is 4.39 Å². The van der Waals surface area contributed by atoms with Gasteiger partial charge in [-0.1, -0.05) is 12.1 Å². The number of nitrogens with zero attached hydrogens (tertiary/aromatic N) is 2. The van der Waals surface area contributed by atoms with Crippen LogP contribution in [0.1, 0.15) is 23.0 Å². The van der Waals surface area contributed by atoms with E-state index in [0.29, 0.717) is 22.3 Å². The standard InChI is InChI=1S/C12H10BrFN2O/c1-2-16-11(10(13)7-15-16)12(17)8-4-3-5-9(14)6-8/h3-7H,2H2,1H3. The van der Waals surface area contributed by atoms with Gasteiger partial charge in [0.15, 0.2) is 0 Å². The second kappa shape index (κ2) is 4.79. The molecule has 1 aromatic heterocycles. The van der Waals surface area contributed by atoms with E-state index in [1.807, 2.05) is 6.92 Å². The molecule has 3 nitrogen and oxygen atoms in total. The third-order valence-corrected chi connectivity index (χ3v) is 2.98. The second-order valence-electron chi connectivity index (χ2n) is 3.50. The van der Waals surface area contributed by atoms with E-state index < -0.39 is 5.82 Å². The van der Waals surface area contributed by atoms with Crippen molar-refractivity contribution in [3.63, 3.8) is 0 Å². The highest BCUT2D eigenvalue weighted by molar-refractivity contribution is 9.10. The Morgan fingerprint density at radius 1 is 1.53 bits per heavy atom. The lowest BCUT2D eigenvalue weighted by molar-refractivity contribution is 0.102. The minimum Gasteiger partial charge on any atom is -0.287 e. The first kappa shape index (κ1) is 12.0. The highest BCUT2D eigenvalue weighted by atomic mass is 79.9. The molecule has 88 valence electrons. The van der Waals surface area contributed by atoms with Gasteiger partial charge in [-0.2, -0.15) is 5.10 Å². The molecule has 5 heteroatoms. The first-order valence-corrected chi connectivity index (χ1v) is 5.94. The molecule has 2 aromatic rings. The first-order chi connectivity index (χ1) is 8.13. The van der Waals surface area contributed by atoms with Crippen LogP contribution in [0.5, 0.6) is 0 Å². The Morgan fingerprint density at radius 2 is 2.29 bits per heavy atom. The minimum atomic E-state index is -0.422. The second-order valence-corrected chi connectivity index (χ2v) is 4.35. The maximum atomic E-state index is 13.1. The largest absolute Gasteiger partial charge is 0.287 e. The average Bonchev–Trinajstić information content (AvgIpc) is 2.69. The SMILES string of the molecule is CCn1ncc(Br)c1C(=O)c1cccc(F)c1. The number of hydrogen-bond donors (Lipinski definition) is 0. The average molecular weight is 297 g/mol. The van der Waals surface area contributed by atoms with E-state index >= 15 is 0 Å². The monoisotopic (exact) mass is 296 g/mol. The van der Waals surface area contributed by atoms with Gasteiger partial charge in [0.2, 0.25) is 5.78 Å². The zero-order valence-electron chi connectivity index (χ0n) is 9.15. The molecule has 0 fully saturated rings. The van der Waals surface area contributed by atoms with Gasteiger partial charge in [0.1, 0.15) is 11.5 Å². The Bertz CT molecular complexity index is 565. The van der Waals surface area contributed by atoms with Crippen LogP contribution in [-0.2, 0) is 6.54 Å². The van der Waals surface area contributed by atoms with Crippen molar-refractivity contribution in [2.24, 2.45) is 0 Å². The van der Waals surface area contributed by atoms with E-state index in [-0.39, 0.29) is 5.78 Å². The summed E-state index contributed by atoms with van der Waals surface area (Å²) in [5.41, 5.74) is 0.763. The van der Waals surface area contributed by atoms with E-state index in [9.17, 15) is 9.18 Å². The molecule has 0 bridgehead atoms. The van der Waals surface area contributed by atoms with Crippen LogP contribution in [0.2, 0.25) is 0 Å². The number of ketones is 1. The van der Waals surface area contributed by atoms with Crippen molar-refractivity contribution in [2.45, 2.75) is 13.5 Å². The van der Waals surface area contributed by atoms with Gasteiger partial charge < -0.3 is 0 Å². The van der Waals surface area contributed by atoms with E-state index in [4.69, 9.17) is 0 Å². The lowest BCUT2D eigenvalue weighted by Gasteiger charge is -2.04. The topological polar surface area (TPSA) is 34.9 Å². The predicted octanol–water partition coefficient (Wildman–Crippen LogP) is 3.04. The Hall–Kier alpha value is -1.49. The number of halogens is 2. The normalized spacial score (nSPS) is 10.5. The van der Waals surface area contributed by atoms with Crippen molar-refractivity contribution in [3.8, 4) is 0 Å². The number of aryl methyl sites for hydroxylation is 1. The molecular weight excluding hydrogens is 287 g/mol. The van der Waals surface area contributed by atoms with Gasteiger partial charge in [0.25, 0.3) is 0 Å². The van der Waals surface area contributed by atoms with Crippen molar-refractivity contribution in [1.29, 1.82) is 0 Å². The fourth-order valence-electron chi connectivity index (χ4n) is 1.59. The number of carbonyl (C=O) groups is 1. The summed E-state index contributed by atoms with van der Waals surface area (Å²) in [4.78, 5) is 12.2. The molecule has 0 aliphatic rings. The van der Waals surface area contributed by atoms with Gasteiger partial charge in [-0.3, -0.25) is 9.48 Å². The molecule has 1 aromatic carbocycles. The minimum absolute atomic E-state index is 0.240. The molecular formula is C12H10BrFN2O. The van der Waals surface area contributed by atoms with Gasteiger partial charge >= 0.3 is 0 Å². The molecule has 0 saturated heterocycles. The van der Waals surface area contributed by atoms with Crippen LogP contribution >= 0.6 is 15.9 Å². The summed E-state index contributed by atoms with van der Waals surface area (Å²) in [5, 5.41) is 4.06. The summed E-state index contributed by atoms with van der Waals surface area (Å²) in [5.74, 6) is -0.662. The number of hydrogen-bond acceptors (Lipinski definition) is 2. The molecule has 2 rings (SSSR count). The maximum absolute atomic E-state index is 13.1. The molecule has 1 heterocycles. The van der Waals surface area contributed by atoms with E-state index in [1.54, 1.807) is 16.9 Å². The summed E-state index contributed by atoms with van der Waals surface area (Å²) < 4.78 is 15.3. The Balaban J connectivity index is 2.47. The lowest BCUT2D eigenvalue weighted by Crippen LogP contribution is -2.11. The van der Waals surface area contributed by atoms with Crippen molar-refractivity contribution in [2.75, 3.05) is 0 Å². The Morgan fingerprint density at radius 3 is 2.94 bits per heavy atom. The quantitative estimate of drug-likeness (QED) is 0.816. The molecule has 0 atom stereocenters. The van der Waals surface area contributed by atoms with E-state index in [2.05, 4.69) is 21.0 Å². The molecule has 0 radical (unpaired) electrons. The van der Waals surface area contributed by atoms with Crippen molar-refractivity contribution >= 4 is 21.7 Å². The summed E-state index contributed by atoms with van der Waals surface area (Å²) >= 11 is 3.28. The molecule has 0 saturated carbocycles. The van der Waals surface area contributed by atoms with Crippen molar-refractivity contribution in [1.82, 2.24) is 9.78 Å². The van der Waals surface area contributed by atoms with Gasteiger partial charge in [-0.15, -0.1) is 0 Å². The molecule has 0 amide bonds. The van der Waals surface area contributed by atoms with Crippen LogP contribution in [0, 0.1) is 5.82 Å². The van der Waals surface area contributed by atoms with Crippen LogP contribution in [0.15, 0.2) is 34.9 Å². The van der Waals surface area contributed by atoms with Crippen molar-refractivity contribution < 1.29 is 9.18 Å². The fraction of sp³-hybridized carbons (Fsp3) is 0.167. The van der Waals surface area contributed by atoms with Crippen molar-refractivity contribution in [3.05, 3.63) is 52.0 Å². The number of benzene rings is 1. The number of aromatic nitrogens is 2. The molecule has 0 spiro atoms. The van der Waals surface area contributed by atoms with Crippen LogP contribution in [0.3, 0.4) is 0 Å². The zero-order valence-corrected chi connectivity index (χ0v) is 10.7. The Kier molecular flexibility index (Phi) is 3.38. The molecule has 0 aliphatic heterocycles. The summed E-state index contributed by atoms with van der Waals surface area (Å²) in [6, 6.07) is 5.64. The molecule has 0 aliphatic carbocycles. The summed E-state index contributed by atoms with van der Waals surface area (Å²) in [6.45, 7) is 2.48. The van der Waals surface area contributed by atoms with Gasteiger partial charge in [-0.25, -0.2) is 4.39 Å². The van der Waals surface area contributed by atoms with Crippen LogP contribution in [0.25, 0.3) is 0 Å². The number of carbonyl (C=O) groups excluding carboxylic acids is 1. The third kappa shape index (κ3) is 2.29. The predicted molar refractivity (Wildman–Crippen MR) is 65.4 cm³/mol. The molecule has 0 unspecified atom stereocenters. The fourth-order valence-corrected chi connectivity index (χ4v) is 2.07. The molecule has 0 N–H and O–H groups in total. The zero-order chi connectivity index (χ0) is 12.4. The van der Waals surface area contributed by atoms with Crippen LogP contribution in [-0.4, -0.2) is 15.6 Å². The van der Waals surface area contributed by atoms with E-state index in [1.165, 1.54) is 18.2 Å². The third-order valence-electron chi connectivity index (χ3n) is 2.40. The smallest absolute Gasteiger partial charge is 0.212 e. The molecule has 17 heavy (non-hydrogen) atoms. The van der Waals surface area contributed by atoms with Crippen LogP contribution < -0.4 is 0 Å². The maximum Gasteiger partial charge on any atom is 0.212 e. The number of rotatable bonds is 3. The van der Waals surface area contributed by atoms with Gasteiger partial charge in [-0.05, 0) is 35.0 Å². The first-order valence-electron chi connectivity index (χ1n) is 5.15. The lowest BCUT2D eigenvalue weighted by atomic mass is 10.1. The van der Waals surface area contributed by atoms with Gasteiger partial charge in [0.05, 0.1) is 10.7 Å². The highest BCUT2D eigenvalue weighted by Crippen LogP contribution is 2.20. The van der Waals surface area contributed by atoms with E-state index in [0.717, 1.165) is 0 Å². The van der Waals surface area contributed by atoms with Gasteiger partial charge in [0, 0.05) is 12.1 Å². The summed E-state index contributed by atoms with van der Waals surface area (Å²) in [6.07, 6.45) is 1.57. The highest BCUT2D eigenvalue weighted by Gasteiger charge is 2.18. The Labute approximate surface area is 106 Å².